The molecule has 0 saturated heterocycles. The molecule has 1 unspecified atom stereocenters. The quantitative estimate of drug-likeness (QED) is 0.850. The van der Waals surface area contributed by atoms with E-state index in [1.165, 1.54) is 0 Å². The van der Waals surface area contributed by atoms with Gasteiger partial charge in [0, 0.05) is 11.6 Å². The van der Waals surface area contributed by atoms with Gasteiger partial charge in [-0.2, -0.15) is 0 Å². The van der Waals surface area contributed by atoms with Gasteiger partial charge in [0.1, 0.15) is 5.75 Å². The summed E-state index contributed by atoms with van der Waals surface area (Å²) in [4.78, 5) is 13.9. The van der Waals surface area contributed by atoms with Crippen LogP contribution in [0.5, 0.6) is 5.75 Å². The lowest BCUT2D eigenvalue weighted by Gasteiger charge is -2.33. The van der Waals surface area contributed by atoms with Gasteiger partial charge in [-0.05, 0) is 45.1 Å². The Labute approximate surface area is 112 Å². The number of hydrogen-bond donors (Lipinski definition) is 1. The Balaban J connectivity index is 2.26. The summed E-state index contributed by atoms with van der Waals surface area (Å²) in [6.07, 6.45) is 0.453. The third kappa shape index (κ3) is 2.60. The van der Waals surface area contributed by atoms with E-state index in [0.29, 0.717) is 11.6 Å². The van der Waals surface area contributed by atoms with Crippen LogP contribution in [0.3, 0.4) is 0 Å². The molecule has 1 aromatic carbocycles. The molecule has 0 radical (unpaired) electrons. The van der Waals surface area contributed by atoms with Gasteiger partial charge >= 0.3 is 0 Å². The lowest BCUT2D eigenvalue weighted by Crippen LogP contribution is -2.45. The van der Waals surface area contributed by atoms with Gasteiger partial charge in [-0.25, -0.2) is 0 Å². The number of hydrogen-bond acceptors (Lipinski definition) is 3. The molecule has 1 aliphatic heterocycles. The molecular formula is C13H17ClN2O2. The molecule has 1 atom stereocenters. The zero-order chi connectivity index (χ0) is 13.1. The minimum absolute atomic E-state index is 0.0131. The smallest absolute Gasteiger partial charge is 0.267 e. The maximum atomic E-state index is 12.1. The molecule has 98 valence electrons. The number of carbonyl (C=O) groups is 1. The molecule has 0 aromatic heterocycles. The largest absolute Gasteiger partial charge is 0.479 e. The molecular weight excluding hydrogens is 252 g/mol. The highest BCUT2D eigenvalue weighted by atomic mass is 35.5. The van der Waals surface area contributed by atoms with Gasteiger partial charge in [0.15, 0.2) is 6.10 Å². The highest BCUT2D eigenvalue weighted by molar-refractivity contribution is 6.31. The minimum atomic E-state index is -0.437. The lowest BCUT2D eigenvalue weighted by molar-refractivity contribution is -0.125. The Hall–Kier alpha value is -1.26. The Morgan fingerprint density at radius 2 is 2.28 bits per heavy atom. The van der Waals surface area contributed by atoms with Crippen LogP contribution in [0.25, 0.3) is 0 Å². The van der Waals surface area contributed by atoms with Crippen molar-refractivity contribution in [1.82, 2.24) is 5.32 Å². The van der Waals surface area contributed by atoms with Crippen LogP contribution < -0.4 is 15.0 Å². The molecule has 0 spiro atoms. The van der Waals surface area contributed by atoms with Crippen molar-refractivity contribution >= 4 is 23.2 Å². The van der Waals surface area contributed by atoms with Crippen molar-refractivity contribution in [3.8, 4) is 5.75 Å². The SMILES string of the molecule is CNCCCN1C(=O)C(C)Oc2ccc(Cl)cc21. The van der Waals surface area contributed by atoms with Gasteiger partial charge in [0.05, 0.1) is 5.69 Å². The molecule has 18 heavy (non-hydrogen) atoms. The molecule has 1 aliphatic rings. The summed E-state index contributed by atoms with van der Waals surface area (Å²) in [5.41, 5.74) is 0.765. The zero-order valence-electron chi connectivity index (χ0n) is 10.6. The lowest BCUT2D eigenvalue weighted by atomic mass is 10.1. The molecule has 2 rings (SSSR count). The number of ether oxygens (including phenoxy) is 1. The Morgan fingerprint density at radius 1 is 1.50 bits per heavy atom. The number of anilines is 1. The second kappa shape index (κ2) is 5.59. The van der Waals surface area contributed by atoms with E-state index in [4.69, 9.17) is 16.3 Å². The fourth-order valence-corrected chi connectivity index (χ4v) is 2.19. The second-order valence-electron chi connectivity index (χ2n) is 4.32. The molecule has 5 heteroatoms. The van der Waals surface area contributed by atoms with E-state index in [-0.39, 0.29) is 5.91 Å². The molecule has 1 aromatic rings. The molecule has 1 heterocycles. The zero-order valence-corrected chi connectivity index (χ0v) is 11.3. The Morgan fingerprint density at radius 3 is 3.00 bits per heavy atom. The van der Waals surface area contributed by atoms with E-state index in [9.17, 15) is 4.79 Å². The van der Waals surface area contributed by atoms with Gasteiger partial charge in [-0.1, -0.05) is 11.6 Å². The van der Waals surface area contributed by atoms with Crippen LogP contribution in [0, 0.1) is 0 Å². The van der Waals surface area contributed by atoms with Crippen LogP contribution >= 0.6 is 11.6 Å². The number of amides is 1. The van der Waals surface area contributed by atoms with Crippen molar-refractivity contribution in [2.45, 2.75) is 19.4 Å². The number of benzene rings is 1. The fourth-order valence-electron chi connectivity index (χ4n) is 2.02. The van der Waals surface area contributed by atoms with Gasteiger partial charge in [0.2, 0.25) is 0 Å². The van der Waals surface area contributed by atoms with E-state index in [0.717, 1.165) is 24.4 Å². The predicted molar refractivity (Wildman–Crippen MR) is 72.4 cm³/mol. The molecule has 0 aliphatic carbocycles. The standard InChI is InChI=1S/C13H17ClN2O2/c1-9-13(17)16(7-3-6-15-2)11-8-10(14)4-5-12(11)18-9/h4-5,8-9,15H,3,6-7H2,1-2H3. The van der Waals surface area contributed by atoms with E-state index in [1.54, 1.807) is 24.0 Å². The Bertz CT molecular complexity index is 451. The summed E-state index contributed by atoms with van der Waals surface area (Å²) in [5.74, 6) is 0.705. The molecule has 0 saturated carbocycles. The van der Waals surface area contributed by atoms with E-state index in [1.807, 2.05) is 13.1 Å². The van der Waals surface area contributed by atoms with E-state index in [2.05, 4.69) is 5.32 Å². The van der Waals surface area contributed by atoms with Gasteiger partial charge in [-0.15, -0.1) is 0 Å². The molecule has 1 N–H and O–H groups in total. The minimum Gasteiger partial charge on any atom is -0.479 e. The van der Waals surface area contributed by atoms with Crippen LogP contribution in [-0.2, 0) is 4.79 Å². The summed E-state index contributed by atoms with van der Waals surface area (Å²) in [6.45, 7) is 3.31. The van der Waals surface area contributed by atoms with Crippen molar-refractivity contribution in [2.24, 2.45) is 0 Å². The normalized spacial score (nSPS) is 18.5. The third-order valence-corrected chi connectivity index (χ3v) is 3.17. The first-order chi connectivity index (χ1) is 8.63. The summed E-state index contributed by atoms with van der Waals surface area (Å²) >= 11 is 5.98. The maximum Gasteiger partial charge on any atom is 0.267 e. The fraction of sp³-hybridized carbons (Fsp3) is 0.462. The van der Waals surface area contributed by atoms with Crippen LogP contribution in [0.4, 0.5) is 5.69 Å². The maximum absolute atomic E-state index is 12.1. The van der Waals surface area contributed by atoms with Crippen molar-refractivity contribution in [1.29, 1.82) is 0 Å². The molecule has 0 bridgehead atoms. The number of halogens is 1. The molecule has 1 amide bonds. The average molecular weight is 269 g/mol. The van der Waals surface area contributed by atoms with Gasteiger partial charge < -0.3 is 15.0 Å². The molecule has 0 fully saturated rings. The van der Waals surface area contributed by atoms with Crippen LogP contribution in [0.2, 0.25) is 5.02 Å². The number of fused-ring (bicyclic) bond motifs is 1. The first kappa shape index (κ1) is 13.2. The first-order valence-corrected chi connectivity index (χ1v) is 6.43. The number of rotatable bonds is 4. The molecule has 4 nitrogen and oxygen atoms in total. The average Bonchev–Trinajstić information content (AvgIpc) is 2.35. The summed E-state index contributed by atoms with van der Waals surface area (Å²) in [6, 6.07) is 5.36. The highest BCUT2D eigenvalue weighted by Gasteiger charge is 2.31. The van der Waals surface area contributed by atoms with Crippen LogP contribution in [0.15, 0.2) is 18.2 Å². The van der Waals surface area contributed by atoms with Crippen molar-refractivity contribution in [2.75, 3.05) is 25.0 Å². The number of carbonyl (C=O) groups excluding carboxylic acids is 1. The van der Waals surface area contributed by atoms with Crippen molar-refractivity contribution < 1.29 is 9.53 Å². The van der Waals surface area contributed by atoms with Crippen molar-refractivity contribution in [3.63, 3.8) is 0 Å². The van der Waals surface area contributed by atoms with Gasteiger partial charge in [0.25, 0.3) is 5.91 Å². The summed E-state index contributed by atoms with van der Waals surface area (Å²) < 4.78 is 5.57. The van der Waals surface area contributed by atoms with Gasteiger partial charge in [-0.3, -0.25) is 4.79 Å². The number of nitrogens with zero attached hydrogens (tertiary/aromatic N) is 1. The van der Waals surface area contributed by atoms with Crippen LogP contribution in [-0.4, -0.2) is 32.1 Å². The first-order valence-electron chi connectivity index (χ1n) is 6.05. The highest BCUT2D eigenvalue weighted by Crippen LogP contribution is 2.36. The van der Waals surface area contributed by atoms with Crippen molar-refractivity contribution in [3.05, 3.63) is 23.2 Å². The third-order valence-electron chi connectivity index (χ3n) is 2.94. The second-order valence-corrected chi connectivity index (χ2v) is 4.76. The summed E-state index contributed by atoms with van der Waals surface area (Å²) in [5, 5.41) is 3.68. The van der Waals surface area contributed by atoms with E-state index < -0.39 is 6.10 Å². The predicted octanol–water partition coefficient (Wildman–Crippen LogP) is 2.06. The summed E-state index contributed by atoms with van der Waals surface area (Å²) in [7, 11) is 1.90. The van der Waals surface area contributed by atoms with E-state index >= 15 is 0 Å². The topological polar surface area (TPSA) is 41.6 Å². The Kier molecular flexibility index (Phi) is 4.09. The monoisotopic (exact) mass is 268 g/mol. The van der Waals surface area contributed by atoms with Crippen LogP contribution in [0.1, 0.15) is 13.3 Å². The number of nitrogens with one attached hydrogen (secondary N) is 1.